The molecule has 8 nitrogen and oxygen atoms in total. The molecule has 142 valence electrons. The number of ether oxygens (including phenoxy) is 1. The van der Waals surface area contributed by atoms with Crippen LogP contribution in [0.4, 0.5) is 0 Å². The minimum Gasteiger partial charge on any atom is -0.381 e. The number of aromatic nitrogens is 1. The number of aliphatic imine (C=N–C) groups is 1. The average molecular weight is 483 g/mol. The third-order valence-corrected chi connectivity index (χ3v) is 5.22. The summed E-state index contributed by atoms with van der Waals surface area (Å²) < 4.78 is 32.1. The van der Waals surface area contributed by atoms with E-state index in [0.29, 0.717) is 12.5 Å². The normalized spacial score (nSPS) is 17.8. The Kier molecular flexibility index (Phi) is 9.61. The molecule has 1 aromatic rings. The maximum absolute atomic E-state index is 12.1. The zero-order chi connectivity index (χ0) is 17.4. The maximum atomic E-state index is 12.1. The first kappa shape index (κ1) is 22.1. The number of rotatable bonds is 7. The van der Waals surface area contributed by atoms with Crippen molar-refractivity contribution in [1.29, 1.82) is 0 Å². The molecule has 2 N–H and O–H groups in total. The Bertz CT molecular complexity index is 636. The summed E-state index contributed by atoms with van der Waals surface area (Å²) in [6, 6.07) is 3.11. The number of hydrogen-bond acceptors (Lipinski definition) is 5. The summed E-state index contributed by atoms with van der Waals surface area (Å²) in [5, 5.41) is 3.16. The maximum Gasteiger partial charge on any atom is 0.242 e. The summed E-state index contributed by atoms with van der Waals surface area (Å²) in [7, 11) is 0.151. The molecule has 1 aliphatic heterocycles. The van der Waals surface area contributed by atoms with Crippen molar-refractivity contribution in [2.24, 2.45) is 10.9 Å². The summed E-state index contributed by atoms with van der Waals surface area (Å²) in [5.41, 5.74) is 0. The van der Waals surface area contributed by atoms with Gasteiger partial charge in [-0.2, -0.15) is 0 Å². The Hall–Kier alpha value is -0.980. The molecule has 0 spiro atoms. The SMILES string of the molecule is CN=C(NCCNS(=O)(=O)c1cccnc1)N(C)CC1CCOC1.I. The average Bonchev–Trinajstić information content (AvgIpc) is 3.08. The summed E-state index contributed by atoms with van der Waals surface area (Å²) in [5.74, 6) is 1.25. The number of nitrogens with zero attached hydrogens (tertiary/aromatic N) is 3. The summed E-state index contributed by atoms with van der Waals surface area (Å²) in [6.45, 7) is 3.17. The fourth-order valence-electron chi connectivity index (χ4n) is 2.53. The van der Waals surface area contributed by atoms with Gasteiger partial charge >= 0.3 is 0 Å². The predicted octanol–water partition coefficient (Wildman–Crippen LogP) is 0.522. The van der Waals surface area contributed by atoms with Crippen LogP contribution in [-0.2, 0) is 14.8 Å². The van der Waals surface area contributed by atoms with Crippen molar-refractivity contribution in [3.05, 3.63) is 24.5 Å². The van der Waals surface area contributed by atoms with Crippen molar-refractivity contribution >= 4 is 40.0 Å². The summed E-state index contributed by atoms with van der Waals surface area (Å²) in [6.07, 6.45) is 3.92. The van der Waals surface area contributed by atoms with Gasteiger partial charge in [0, 0.05) is 58.6 Å². The van der Waals surface area contributed by atoms with Crippen LogP contribution in [0.1, 0.15) is 6.42 Å². The second-order valence-corrected chi connectivity index (χ2v) is 7.44. The molecule has 2 heterocycles. The molecule has 0 saturated carbocycles. The number of nitrogens with one attached hydrogen (secondary N) is 2. The minimum atomic E-state index is -3.53. The van der Waals surface area contributed by atoms with E-state index in [4.69, 9.17) is 4.74 Å². The zero-order valence-corrected chi connectivity index (χ0v) is 17.7. The molecule has 0 amide bonds. The van der Waals surface area contributed by atoms with Crippen molar-refractivity contribution in [2.45, 2.75) is 11.3 Å². The van der Waals surface area contributed by atoms with Gasteiger partial charge in [0.15, 0.2) is 5.96 Å². The lowest BCUT2D eigenvalue weighted by Crippen LogP contribution is -2.44. The van der Waals surface area contributed by atoms with E-state index in [9.17, 15) is 8.42 Å². The quantitative estimate of drug-likeness (QED) is 0.254. The fourth-order valence-corrected chi connectivity index (χ4v) is 3.53. The third-order valence-electron chi connectivity index (χ3n) is 3.77. The van der Waals surface area contributed by atoms with E-state index >= 15 is 0 Å². The van der Waals surface area contributed by atoms with Crippen LogP contribution in [0.25, 0.3) is 0 Å². The number of pyridine rings is 1. The first-order valence-electron chi connectivity index (χ1n) is 7.92. The minimum absolute atomic E-state index is 0. The number of halogens is 1. The molecule has 0 aliphatic carbocycles. The van der Waals surface area contributed by atoms with Crippen LogP contribution in [0, 0.1) is 5.92 Å². The van der Waals surface area contributed by atoms with Crippen LogP contribution >= 0.6 is 24.0 Å². The van der Waals surface area contributed by atoms with E-state index in [-0.39, 0.29) is 35.4 Å². The lowest BCUT2D eigenvalue weighted by atomic mass is 10.1. The molecule has 1 fully saturated rings. The number of guanidine groups is 1. The summed E-state index contributed by atoms with van der Waals surface area (Å²) >= 11 is 0. The van der Waals surface area contributed by atoms with Crippen LogP contribution in [-0.4, -0.2) is 71.2 Å². The Morgan fingerprint density at radius 3 is 2.88 bits per heavy atom. The van der Waals surface area contributed by atoms with E-state index in [1.165, 1.54) is 18.5 Å². The predicted molar refractivity (Wildman–Crippen MR) is 108 cm³/mol. The van der Waals surface area contributed by atoms with Crippen molar-refractivity contribution in [3.8, 4) is 0 Å². The Balaban J connectivity index is 0.00000312. The largest absolute Gasteiger partial charge is 0.381 e. The van der Waals surface area contributed by atoms with Crippen molar-refractivity contribution < 1.29 is 13.2 Å². The van der Waals surface area contributed by atoms with Crippen LogP contribution in [0.15, 0.2) is 34.4 Å². The molecular weight excluding hydrogens is 457 g/mol. The molecule has 1 saturated heterocycles. The highest BCUT2D eigenvalue weighted by Crippen LogP contribution is 2.13. The molecule has 1 atom stereocenters. The fraction of sp³-hybridized carbons (Fsp3) is 0.600. The topological polar surface area (TPSA) is 95.9 Å². The van der Waals surface area contributed by atoms with Gasteiger partial charge in [0.25, 0.3) is 0 Å². The highest BCUT2D eigenvalue weighted by molar-refractivity contribution is 14.0. The lowest BCUT2D eigenvalue weighted by molar-refractivity contribution is 0.181. The molecule has 10 heteroatoms. The number of hydrogen-bond donors (Lipinski definition) is 2. The van der Waals surface area contributed by atoms with E-state index in [2.05, 4.69) is 20.0 Å². The van der Waals surface area contributed by atoms with Gasteiger partial charge in [-0.3, -0.25) is 9.98 Å². The van der Waals surface area contributed by atoms with E-state index in [1.54, 1.807) is 13.1 Å². The molecule has 2 rings (SSSR count). The Labute approximate surface area is 166 Å². The zero-order valence-electron chi connectivity index (χ0n) is 14.5. The highest BCUT2D eigenvalue weighted by atomic mass is 127. The molecule has 0 bridgehead atoms. The lowest BCUT2D eigenvalue weighted by Gasteiger charge is -2.24. The smallest absolute Gasteiger partial charge is 0.242 e. The second kappa shape index (κ2) is 10.9. The highest BCUT2D eigenvalue weighted by Gasteiger charge is 2.19. The van der Waals surface area contributed by atoms with Crippen molar-refractivity contribution in [3.63, 3.8) is 0 Å². The van der Waals surface area contributed by atoms with E-state index in [1.807, 2.05) is 11.9 Å². The van der Waals surface area contributed by atoms with Gasteiger partial charge in [0.2, 0.25) is 10.0 Å². The van der Waals surface area contributed by atoms with Gasteiger partial charge in [-0.05, 0) is 18.6 Å². The number of sulfonamides is 1. The standard InChI is InChI=1S/C15H25N5O3S.HI/c1-16-15(20(2)11-13-5-9-23-12-13)18-7-8-19-24(21,22)14-4-3-6-17-10-14;/h3-4,6,10,13,19H,5,7-9,11-12H2,1-2H3,(H,16,18);1H. The van der Waals surface area contributed by atoms with Crippen molar-refractivity contribution in [1.82, 2.24) is 19.9 Å². The Morgan fingerprint density at radius 1 is 1.48 bits per heavy atom. The van der Waals surface area contributed by atoms with Gasteiger partial charge < -0.3 is 15.0 Å². The molecule has 25 heavy (non-hydrogen) atoms. The van der Waals surface area contributed by atoms with Gasteiger partial charge in [-0.25, -0.2) is 13.1 Å². The first-order chi connectivity index (χ1) is 11.5. The van der Waals surface area contributed by atoms with Gasteiger partial charge in [0.05, 0.1) is 6.61 Å². The van der Waals surface area contributed by atoms with Crippen LogP contribution < -0.4 is 10.0 Å². The van der Waals surface area contributed by atoms with Crippen LogP contribution in [0.2, 0.25) is 0 Å². The third kappa shape index (κ3) is 7.04. The van der Waals surface area contributed by atoms with Crippen molar-refractivity contribution in [2.75, 3.05) is 46.9 Å². The Morgan fingerprint density at radius 2 is 2.28 bits per heavy atom. The molecule has 0 radical (unpaired) electrons. The van der Waals surface area contributed by atoms with Crippen LogP contribution in [0.3, 0.4) is 0 Å². The van der Waals surface area contributed by atoms with Crippen LogP contribution in [0.5, 0.6) is 0 Å². The molecule has 0 aromatic carbocycles. The van der Waals surface area contributed by atoms with E-state index in [0.717, 1.165) is 32.1 Å². The van der Waals surface area contributed by atoms with Gasteiger partial charge in [0.1, 0.15) is 4.90 Å². The molecular formula is C15H26IN5O3S. The second-order valence-electron chi connectivity index (χ2n) is 5.67. The van der Waals surface area contributed by atoms with E-state index < -0.39 is 10.0 Å². The van der Waals surface area contributed by atoms with Gasteiger partial charge in [-0.1, -0.05) is 0 Å². The molecule has 1 aromatic heterocycles. The van der Waals surface area contributed by atoms with Gasteiger partial charge in [-0.15, -0.1) is 24.0 Å². The molecule has 1 unspecified atom stereocenters. The monoisotopic (exact) mass is 483 g/mol. The first-order valence-corrected chi connectivity index (χ1v) is 9.40. The summed E-state index contributed by atoms with van der Waals surface area (Å²) in [4.78, 5) is 10.2. The molecule has 1 aliphatic rings.